The lowest BCUT2D eigenvalue weighted by Gasteiger charge is -2.02. The first-order valence-electron chi connectivity index (χ1n) is 5.34. The van der Waals surface area contributed by atoms with Crippen LogP contribution in [0.4, 0.5) is 0 Å². The smallest absolute Gasteiger partial charge is 0.337 e. The number of imidazole rings is 1. The molecule has 1 aromatic heterocycles. The Morgan fingerprint density at radius 3 is 2.71 bits per heavy atom. The molecule has 17 heavy (non-hydrogen) atoms. The van der Waals surface area contributed by atoms with E-state index in [2.05, 4.69) is 9.97 Å². The summed E-state index contributed by atoms with van der Waals surface area (Å²) < 4.78 is 5.19. The zero-order chi connectivity index (χ0) is 12.6. The molecule has 0 spiro atoms. The third-order valence-electron chi connectivity index (χ3n) is 2.62. The molecular formula is C12H14N2O3. The molecule has 0 bridgehead atoms. The monoisotopic (exact) mass is 234 g/mol. The molecule has 0 aliphatic carbocycles. The Labute approximate surface area is 98.4 Å². The van der Waals surface area contributed by atoms with Gasteiger partial charge in [0.15, 0.2) is 0 Å². The summed E-state index contributed by atoms with van der Waals surface area (Å²) >= 11 is 0. The number of hydrogen-bond donors (Lipinski definition) is 2. The second kappa shape index (κ2) is 4.08. The van der Waals surface area contributed by atoms with Crippen LogP contribution in [0, 0.1) is 0 Å². The van der Waals surface area contributed by atoms with Crippen molar-refractivity contribution in [1.82, 2.24) is 9.97 Å². The van der Waals surface area contributed by atoms with Crippen LogP contribution in [-0.4, -0.2) is 28.2 Å². The van der Waals surface area contributed by atoms with Crippen LogP contribution in [0.25, 0.3) is 11.0 Å². The molecule has 0 saturated heterocycles. The first-order chi connectivity index (χ1) is 8.04. The highest BCUT2D eigenvalue weighted by Gasteiger charge is 2.17. The number of aromatic amines is 1. The average molecular weight is 234 g/mol. The van der Waals surface area contributed by atoms with E-state index in [0.29, 0.717) is 16.8 Å². The van der Waals surface area contributed by atoms with Gasteiger partial charge in [0.25, 0.3) is 0 Å². The number of hydrogen-bond acceptors (Lipinski definition) is 3. The second-order valence-electron chi connectivity index (χ2n) is 4.12. The lowest BCUT2D eigenvalue weighted by molar-refractivity contribution is 0.0699. The maximum Gasteiger partial charge on any atom is 0.337 e. The van der Waals surface area contributed by atoms with Crippen LogP contribution in [0.2, 0.25) is 0 Å². The van der Waals surface area contributed by atoms with Crippen LogP contribution in [-0.2, 0) is 0 Å². The van der Waals surface area contributed by atoms with E-state index in [4.69, 9.17) is 9.84 Å². The van der Waals surface area contributed by atoms with Gasteiger partial charge in [0, 0.05) is 5.92 Å². The number of methoxy groups -OCH3 is 1. The van der Waals surface area contributed by atoms with Gasteiger partial charge in [-0.3, -0.25) is 0 Å². The second-order valence-corrected chi connectivity index (χ2v) is 4.12. The van der Waals surface area contributed by atoms with Crippen molar-refractivity contribution < 1.29 is 14.6 Å². The van der Waals surface area contributed by atoms with E-state index in [-0.39, 0.29) is 11.5 Å². The molecule has 5 nitrogen and oxygen atoms in total. The lowest BCUT2D eigenvalue weighted by atomic mass is 10.2. The standard InChI is InChI=1S/C12H14N2O3/c1-6(2)11-13-9-7(12(15)16)4-5-8(17-3)10(9)14-11/h4-6H,1-3H3,(H,13,14)(H,15,16). The Balaban J connectivity index is 2.76. The van der Waals surface area contributed by atoms with Gasteiger partial charge >= 0.3 is 5.97 Å². The highest BCUT2D eigenvalue weighted by atomic mass is 16.5. The van der Waals surface area contributed by atoms with Crippen LogP contribution in [0.15, 0.2) is 12.1 Å². The number of fused-ring (bicyclic) bond motifs is 1. The highest BCUT2D eigenvalue weighted by molar-refractivity contribution is 6.02. The summed E-state index contributed by atoms with van der Waals surface area (Å²) in [6.07, 6.45) is 0. The van der Waals surface area contributed by atoms with Gasteiger partial charge in [0.1, 0.15) is 22.6 Å². The van der Waals surface area contributed by atoms with Gasteiger partial charge in [-0.05, 0) is 12.1 Å². The van der Waals surface area contributed by atoms with Gasteiger partial charge in [-0.2, -0.15) is 0 Å². The topological polar surface area (TPSA) is 75.2 Å². The minimum Gasteiger partial charge on any atom is -0.494 e. The van der Waals surface area contributed by atoms with Gasteiger partial charge in [-0.1, -0.05) is 13.8 Å². The number of carboxylic acid groups (broad SMARTS) is 1. The molecule has 0 amide bonds. The number of carbonyl (C=O) groups is 1. The van der Waals surface area contributed by atoms with E-state index < -0.39 is 5.97 Å². The van der Waals surface area contributed by atoms with Crippen molar-refractivity contribution in [3.8, 4) is 5.75 Å². The summed E-state index contributed by atoms with van der Waals surface area (Å²) in [6, 6.07) is 3.14. The molecule has 90 valence electrons. The predicted octanol–water partition coefficient (Wildman–Crippen LogP) is 2.39. The first kappa shape index (κ1) is 11.4. The third-order valence-corrected chi connectivity index (χ3v) is 2.62. The molecule has 0 saturated carbocycles. The van der Waals surface area contributed by atoms with Gasteiger partial charge < -0.3 is 14.8 Å². The number of ether oxygens (including phenoxy) is 1. The van der Waals surface area contributed by atoms with Crippen molar-refractivity contribution in [2.75, 3.05) is 7.11 Å². The molecule has 1 heterocycles. The van der Waals surface area contributed by atoms with Crippen molar-refractivity contribution >= 4 is 17.0 Å². The van der Waals surface area contributed by atoms with Gasteiger partial charge in [-0.15, -0.1) is 0 Å². The van der Waals surface area contributed by atoms with Gasteiger partial charge in [0.2, 0.25) is 0 Å². The number of nitrogens with zero attached hydrogens (tertiary/aromatic N) is 1. The van der Waals surface area contributed by atoms with E-state index >= 15 is 0 Å². The van der Waals surface area contributed by atoms with Crippen molar-refractivity contribution in [2.45, 2.75) is 19.8 Å². The minimum atomic E-state index is -0.987. The summed E-state index contributed by atoms with van der Waals surface area (Å²) in [6.45, 7) is 3.98. The summed E-state index contributed by atoms with van der Waals surface area (Å²) in [7, 11) is 1.55. The number of nitrogens with one attached hydrogen (secondary N) is 1. The molecule has 2 N–H and O–H groups in total. The molecule has 2 rings (SSSR count). The van der Waals surface area contributed by atoms with Crippen molar-refractivity contribution in [3.63, 3.8) is 0 Å². The fourth-order valence-electron chi connectivity index (χ4n) is 1.70. The summed E-state index contributed by atoms with van der Waals surface area (Å²) in [5.74, 6) is 0.574. The zero-order valence-electron chi connectivity index (χ0n) is 9.94. The minimum absolute atomic E-state index is 0.184. The average Bonchev–Trinajstić information content (AvgIpc) is 2.71. The molecule has 0 atom stereocenters. The first-order valence-corrected chi connectivity index (χ1v) is 5.34. The molecule has 0 fully saturated rings. The zero-order valence-corrected chi connectivity index (χ0v) is 9.94. The number of rotatable bonds is 3. The Bertz CT molecular complexity index is 572. The van der Waals surface area contributed by atoms with E-state index in [0.717, 1.165) is 5.82 Å². The van der Waals surface area contributed by atoms with Gasteiger partial charge in [-0.25, -0.2) is 9.78 Å². The largest absolute Gasteiger partial charge is 0.494 e. The number of aromatic carboxylic acids is 1. The maximum atomic E-state index is 11.1. The van der Waals surface area contributed by atoms with Crippen LogP contribution >= 0.6 is 0 Å². The van der Waals surface area contributed by atoms with Crippen molar-refractivity contribution in [1.29, 1.82) is 0 Å². The molecular weight excluding hydrogens is 220 g/mol. The van der Waals surface area contributed by atoms with Crippen molar-refractivity contribution in [2.24, 2.45) is 0 Å². The molecule has 5 heteroatoms. The van der Waals surface area contributed by atoms with Crippen LogP contribution in [0.3, 0.4) is 0 Å². The SMILES string of the molecule is COc1ccc(C(=O)O)c2nc(C(C)C)[nH]c12. The number of aromatic nitrogens is 2. The van der Waals surface area contributed by atoms with Crippen molar-refractivity contribution in [3.05, 3.63) is 23.5 Å². The molecule has 0 aliphatic heterocycles. The predicted molar refractivity (Wildman–Crippen MR) is 63.7 cm³/mol. The van der Waals surface area contributed by atoms with Crippen LogP contribution < -0.4 is 4.74 Å². The Morgan fingerprint density at radius 2 is 2.18 bits per heavy atom. The van der Waals surface area contributed by atoms with E-state index in [1.165, 1.54) is 6.07 Å². The summed E-state index contributed by atoms with van der Waals surface area (Å²) in [5, 5.41) is 9.10. The third kappa shape index (κ3) is 1.84. The fraction of sp³-hybridized carbons (Fsp3) is 0.333. The normalized spacial score (nSPS) is 11.1. The lowest BCUT2D eigenvalue weighted by Crippen LogP contribution is -1.98. The Morgan fingerprint density at radius 1 is 1.47 bits per heavy atom. The summed E-state index contributed by atoms with van der Waals surface area (Å²) in [5.41, 5.74) is 1.26. The van der Waals surface area contributed by atoms with E-state index in [9.17, 15) is 4.79 Å². The molecule has 0 aliphatic rings. The van der Waals surface area contributed by atoms with E-state index in [1.54, 1.807) is 13.2 Å². The molecule has 0 radical (unpaired) electrons. The number of carboxylic acids is 1. The van der Waals surface area contributed by atoms with E-state index in [1.807, 2.05) is 13.8 Å². The van der Waals surface area contributed by atoms with Crippen LogP contribution in [0.1, 0.15) is 35.9 Å². The number of H-pyrrole nitrogens is 1. The fourth-order valence-corrected chi connectivity index (χ4v) is 1.70. The summed E-state index contributed by atoms with van der Waals surface area (Å²) in [4.78, 5) is 18.5. The Kier molecular flexibility index (Phi) is 2.75. The Hall–Kier alpha value is -2.04. The molecule has 0 unspecified atom stereocenters. The molecule has 2 aromatic rings. The highest BCUT2D eigenvalue weighted by Crippen LogP contribution is 2.28. The maximum absolute atomic E-state index is 11.1. The quantitative estimate of drug-likeness (QED) is 0.855. The number of benzene rings is 1. The van der Waals surface area contributed by atoms with Gasteiger partial charge in [0.05, 0.1) is 12.7 Å². The molecule has 1 aromatic carbocycles. The van der Waals surface area contributed by atoms with Crippen LogP contribution in [0.5, 0.6) is 5.75 Å².